The molecule has 1 aliphatic rings. The van der Waals surface area contributed by atoms with Crippen LogP contribution in [-0.2, 0) is 0 Å². The largest absolute Gasteiger partial charge is 0.351 e. The van der Waals surface area contributed by atoms with Crippen molar-refractivity contribution in [1.82, 2.24) is 15.1 Å². The lowest BCUT2D eigenvalue weighted by Gasteiger charge is -2.44. The molecule has 0 radical (unpaired) electrons. The molecule has 27 heavy (non-hydrogen) atoms. The Labute approximate surface area is 161 Å². The van der Waals surface area contributed by atoms with Crippen molar-refractivity contribution in [2.75, 3.05) is 23.3 Å². The summed E-state index contributed by atoms with van der Waals surface area (Å²) in [4.78, 5) is 17.0. The van der Waals surface area contributed by atoms with Crippen LogP contribution in [0.15, 0.2) is 36.4 Å². The zero-order chi connectivity index (χ0) is 19.6. The Morgan fingerprint density at radius 2 is 1.67 bits per heavy atom. The summed E-state index contributed by atoms with van der Waals surface area (Å²) in [6.07, 6.45) is 0. The molecule has 2 heterocycles. The quantitative estimate of drug-likeness (QED) is 0.889. The van der Waals surface area contributed by atoms with Gasteiger partial charge in [-0.15, -0.1) is 5.10 Å². The van der Waals surface area contributed by atoms with Gasteiger partial charge in [-0.25, -0.2) is 4.79 Å². The summed E-state index contributed by atoms with van der Waals surface area (Å²) < 4.78 is 0. The normalized spacial score (nSPS) is 20.1. The molecule has 0 saturated carbocycles. The number of benzene rings is 1. The van der Waals surface area contributed by atoms with Gasteiger partial charge < -0.3 is 15.1 Å². The number of rotatable bonds is 3. The monoisotopic (exact) mass is 367 g/mol. The van der Waals surface area contributed by atoms with Crippen LogP contribution in [0.5, 0.6) is 0 Å². The van der Waals surface area contributed by atoms with Crippen LogP contribution in [0.3, 0.4) is 0 Å². The number of aryl methyl sites for hydroxylation is 1. The van der Waals surface area contributed by atoms with Crippen molar-refractivity contribution in [3.63, 3.8) is 0 Å². The number of hydrogen-bond acceptors (Lipinski definition) is 4. The SMILES string of the molecule is Cc1ccc(N2C[C@@H](C)N(C(=O)Nc3ccc(C(C)C)cc3)[C@@H](C)C2)nn1. The van der Waals surface area contributed by atoms with Gasteiger partial charge in [-0.2, -0.15) is 5.10 Å². The molecule has 1 saturated heterocycles. The van der Waals surface area contributed by atoms with Crippen LogP contribution in [0, 0.1) is 6.92 Å². The molecule has 2 aromatic rings. The van der Waals surface area contributed by atoms with Gasteiger partial charge in [0.25, 0.3) is 0 Å². The van der Waals surface area contributed by atoms with Crippen molar-refractivity contribution < 1.29 is 4.79 Å². The molecule has 1 aromatic heterocycles. The fourth-order valence-corrected chi connectivity index (χ4v) is 3.61. The van der Waals surface area contributed by atoms with E-state index in [0.717, 1.165) is 30.3 Å². The van der Waals surface area contributed by atoms with Crippen molar-refractivity contribution >= 4 is 17.5 Å². The summed E-state index contributed by atoms with van der Waals surface area (Å²) in [5, 5.41) is 11.5. The number of piperazine rings is 1. The summed E-state index contributed by atoms with van der Waals surface area (Å²) in [7, 11) is 0. The number of nitrogens with zero attached hydrogens (tertiary/aromatic N) is 4. The average molecular weight is 367 g/mol. The Balaban J connectivity index is 1.66. The number of hydrogen-bond donors (Lipinski definition) is 1. The van der Waals surface area contributed by atoms with Crippen LogP contribution in [0.2, 0.25) is 0 Å². The predicted molar refractivity (Wildman–Crippen MR) is 109 cm³/mol. The summed E-state index contributed by atoms with van der Waals surface area (Å²) in [6, 6.07) is 12.1. The number of urea groups is 1. The van der Waals surface area contributed by atoms with E-state index in [9.17, 15) is 4.79 Å². The minimum atomic E-state index is -0.0538. The molecule has 2 atom stereocenters. The zero-order valence-electron chi connectivity index (χ0n) is 16.8. The maximum atomic E-state index is 12.9. The Morgan fingerprint density at radius 1 is 1.04 bits per heavy atom. The van der Waals surface area contributed by atoms with E-state index >= 15 is 0 Å². The van der Waals surface area contributed by atoms with E-state index in [1.807, 2.05) is 36.1 Å². The van der Waals surface area contributed by atoms with E-state index in [-0.39, 0.29) is 18.1 Å². The van der Waals surface area contributed by atoms with Crippen molar-refractivity contribution in [2.24, 2.45) is 0 Å². The average Bonchev–Trinajstić information content (AvgIpc) is 2.62. The summed E-state index contributed by atoms with van der Waals surface area (Å²) in [5.74, 6) is 1.34. The highest BCUT2D eigenvalue weighted by Crippen LogP contribution is 2.22. The lowest BCUT2D eigenvalue weighted by atomic mass is 10.0. The standard InChI is InChI=1S/C21H29N5O/c1-14(2)18-7-9-19(10-8-18)22-21(27)26-16(4)12-25(13-17(26)5)20-11-6-15(3)23-24-20/h6-11,14,16-17H,12-13H2,1-5H3,(H,22,27)/t16-,17+. The van der Waals surface area contributed by atoms with Crippen molar-refractivity contribution in [1.29, 1.82) is 0 Å². The molecular formula is C21H29N5O. The van der Waals surface area contributed by atoms with Crippen LogP contribution in [0.4, 0.5) is 16.3 Å². The third kappa shape index (κ3) is 4.38. The number of carbonyl (C=O) groups excluding carboxylic acids is 1. The van der Waals surface area contributed by atoms with E-state index in [0.29, 0.717) is 5.92 Å². The molecule has 1 aliphatic heterocycles. The Kier molecular flexibility index (Phi) is 5.63. The molecule has 3 rings (SSSR count). The number of nitrogens with one attached hydrogen (secondary N) is 1. The Bertz CT molecular complexity index is 760. The first kappa shape index (κ1) is 19.1. The molecule has 2 amide bonds. The first-order valence-electron chi connectivity index (χ1n) is 9.59. The van der Waals surface area contributed by atoms with Gasteiger partial charge in [-0.3, -0.25) is 0 Å². The zero-order valence-corrected chi connectivity index (χ0v) is 16.8. The van der Waals surface area contributed by atoms with Gasteiger partial charge in [0.15, 0.2) is 5.82 Å². The van der Waals surface area contributed by atoms with Gasteiger partial charge in [-0.05, 0) is 56.5 Å². The molecule has 1 N–H and O–H groups in total. The van der Waals surface area contributed by atoms with Gasteiger partial charge in [-0.1, -0.05) is 26.0 Å². The van der Waals surface area contributed by atoms with Gasteiger partial charge in [0, 0.05) is 30.9 Å². The van der Waals surface area contributed by atoms with E-state index < -0.39 is 0 Å². The first-order valence-corrected chi connectivity index (χ1v) is 9.59. The van der Waals surface area contributed by atoms with Gasteiger partial charge in [0.2, 0.25) is 0 Å². The smallest absolute Gasteiger partial charge is 0.322 e. The Morgan fingerprint density at radius 3 is 2.19 bits per heavy atom. The van der Waals surface area contributed by atoms with Crippen molar-refractivity contribution in [3.05, 3.63) is 47.7 Å². The fraction of sp³-hybridized carbons (Fsp3) is 0.476. The molecule has 6 nitrogen and oxygen atoms in total. The van der Waals surface area contributed by atoms with Crippen LogP contribution < -0.4 is 10.2 Å². The van der Waals surface area contributed by atoms with E-state index in [2.05, 4.69) is 60.2 Å². The second-order valence-corrected chi connectivity index (χ2v) is 7.75. The topological polar surface area (TPSA) is 61.4 Å². The minimum absolute atomic E-state index is 0.0538. The molecule has 0 unspecified atom stereocenters. The van der Waals surface area contributed by atoms with Gasteiger partial charge in [0.05, 0.1) is 5.69 Å². The predicted octanol–water partition coefficient (Wildman–Crippen LogP) is 4.04. The Hall–Kier alpha value is -2.63. The molecule has 1 aromatic carbocycles. The van der Waals surface area contributed by atoms with Crippen LogP contribution in [0.1, 0.15) is 44.9 Å². The molecule has 6 heteroatoms. The van der Waals surface area contributed by atoms with E-state index in [1.165, 1.54) is 5.56 Å². The highest BCUT2D eigenvalue weighted by Gasteiger charge is 2.33. The number of aromatic nitrogens is 2. The van der Waals surface area contributed by atoms with Crippen LogP contribution in [0.25, 0.3) is 0 Å². The fourth-order valence-electron chi connectivity index (χ4n) is 3.61. The van der Waals surface area contributed by atoms with Crippen molar-refractivity contribution in [2.45, 2.75) is 52.6 Å². The molecule has 0 bridgehead atoms. The molecule has 0 spiro atoms. The molecule has 144 valence electrons. The highest BCUT2D eigenvalue weighted by atomic mass is 16.2. The maximum Gasteiger partial charge on any atom is 0.322 e. The van der Waals surface area contributed by atoms with Gasteiger partial charge >= 0.3 is 6.03 Å². The number of anilines is 2. The number of carbonyl (C=O) groups is 1. The lowest BCUT2D eigenvalue weighted by molar-refractivity contribution is 0.153. The lowest BCUT2D eigenvalue weighted by Crippen LogP contribution is -2.59. The second-order valence-electron chi connectivity index (χ2n) is 7.75. The first-order chi connectivity index (χ1) is 12.8. The minimum Gasteiger partial charge on any atom is -0.351 e. The van der Waals surface area contributed by atoms with Crippen LogP contribution in [-0.4, -0.2) is 46.3 Å². The third-order valence-electron chi connectivity index (χ3n) is 5.09. The maximum absolute atomic E-state index is 12.9. The highest BCUT2D eigenvalue weighted by molar-refractivity contribution is 5.90. The van der Waals surface area contributed by atoms with Crippen molar-refractivity contribution in [3.8, 4) is 0 Å². The summed E-state index contributed by atoms with van der Waals surface area (Å²) in [6.45, 7) is 11.9. The van der Waals surface area contributed by atoms with E-state index in [1.54, 1.807) is 0 Å². The molecule has 0 aliphatic carbocycles. The molecular weight excluding hydrogens is 338 g/mol. The van der Waals surface area contributed by atoms with E-state index in [4.69, 9.17) is 0 Å². The number of amides is 2. The summed E-state index contributed by atoms with van der Waals surface area (Å²) in [5.41, 5.74) is 3.00. The summed E-state index contributed by atoms with van der Waals surface area (Å²) >= 11 is 0. The molecule has 1 fully saturated rings. The third-order valence-corrected chi connectivity index (χ3v) is 5.09. The van der Waals surface area contributed by atoms with Gasteiger partial charge in [0.1, 0.15) is 0 Å². The van der Waals surface area contributed by atoms with Crippen LogP contribution >= 0.6 is 0 Å². The second kappa shape index (κ2) is 7.94.